The number of nitrogens with zero attached hydrogens (tertiary/aromatic N) is 1. The number of carbonyl (C=O) groups is 2. The van der Waals surface area contributed by atoms with Gasteiger partial charge in [0.1, 0.15) is 11.5 Å². The van der Waals surface area contributed by atoms with Crippen molar-refractivity contribution < 1.29 is 19.4 Å². The fourth-order valence-corrected chi connectivity index (χ4v) is 3.78. The summed E-state index contributed by atoms with van der Waals surface area (Å²) in [5, 5.41) is 11.5. The molecule has 0 radical (unpaired) electrons. The molecule has 0 aliphatic carbocycles. The molecule has 0 bridgehead atoms. The number of likely N-dealkylation sites (tertiary alicyclic amines) is 1. The van der Waals surface area contributed by atoms with Crippen LogP contribution in [0.3, 0.4) is 0 Å². The van der Waals surface area contributed by atoms with Gasteiger partial charge in [0.05, 0.1) is 23.2 Å². The molecule has 1 N–H and O–H groups in total. The lowest BCUT2D eigenvalue weighted by Gasteiger charge is -2.25. The number of Topliss-reactive ketones (excluding diaryl/α,β-unsaturated/α-hetero) is 1. The van der Waals surface area contributed by atoms with Gasteiger partial charge in [0, 0.05) is 12.1 Å². The molecular weight excluding hydrogens is 390 g/mol. The van der Waals surface area contributed by atoms with Gasteiger partial charge in [0.2, 0.25) is 0 Å². The molecule has 152 valence electrons. The summed E-state index contributed by atoms with van der Waals surface area (Å²) in [4.78, 5) is 27.1. The van der Waals surface area contributed by atoms with Crippen LogP contribution >= 0.6 is 11.6 Å². The zero-order valence-electron chi connectivity index (χ0n) is 16.7. The third-order valence-corrected chi connectivity index (χ3v) is 5.18. The summed E-state index contributed by atoms with van der Waals surface area (Å²) in [6.45, 7) is 6.55. The van der Waals surface area contributed by atoms with Crippen molar-refractivity contribution in [2.75, 3.05) is 13.2 Å². The van der Waals surface area contributed by atoms with E-state index in [1.54, 1.807) is 18.2 Å². The highest BCUT2D eigenvalue weighted by Crippen LogP contribution is 2.40. The van der Waals surface area contributed by atoms with E-state index in [-0.39, 0.29) is 11.3 Å². The van der Waals surface area contributed by atoms with Crippen molar-refractivity contribution in [3.63, 3.8) is 0 Å². The second-order valence-corrected chi connectivity index (χ2v) is 7.39. The van der Waals surface area contributed by atoms with Crippen LogP contribution in [0.4, 0.5) is 0 Å². The largest absolute Gasteiger partial charge is 0.507 e. The lowest BCUT2D eigenvalue weighted by Crippen LogP contribution is -2.30. The van der Waals surface area contributed by atoms with Crippen molar-refractivity contribution in [3.05, 3.63) is 69.8 Å². The molecule has 2 aromatic rings. The Bertz CT molecular complexity index is 983. The number of benzene rings is 2. The summed E-state index contributed by atoms with van der Waals surface area (Å²) >= 11 is 6.15. The van der Waals surface area contributed by atoms with Gasteiger partial charge in [0.15, 0.2) is 0 Å². The maximum Gasteiger partial charge on any atom is 0.295 e. The standard InChI is InChI=1S/C23H24ClNO4/c1-4-11-25-20(15-8-6-7-14(3)12-15)19(22(27)23(25)28)21(26)16-9-10-17(24)18(13-16)29-5-2/h6-10,12-13,20,26H,4-5,11H2,1-3H3/b21-19-. The maximum absolute atomic E-state index is 12.9. The number of ether oxygens (including phenoxy) is 1. The normalized spacial score (nSPS) is 18.3. The van der Waals surface area contributed by atoms with Gasteiger partial charge in [0.25, 0.3) is 11.7 Å². The fourth-order valence-electron chi connectivity index (χ4n) is 3.61. The predicted octanol–water partition coefficient (Wildman–Crippen LogP) is 4.88. The van der Waals surface area contributed by atoms with E-state index in [9.17, 15) is 14.7 Å². The molecule has 1 aliphatic heterocycles. The van der Waals surface area contributed by atoms with Gasteiger partial charge in [-0.15, -0.1) is 0 Å². The zero-order chi connectivity index (χ0) is 21.1. The highest BCUT2D eigenvalue weighted by atomic mass is 35.5. The molecule has 2 aromatic carbocycles. The van der Waals surface area contributed by atoms with E-state index in [0.717, 1.165) is 11.1 Å². The van der Waals surface area contributed by atoms with Crippen molar-refractivity contribution in [2.45, 2.75) is 33.2 Å². The van der Waals surface area contributed by atoms with E-state index in [0.29, 0.717) is 35.9 Å². The third-order valence-electron chi connectivity index (χ3n) is 4.87. The molecule has 0 spiro atoms. The first-order valence-electron chi connectivity index (χ1n) is 9.66. The SMILES string of the molecule is CCCN1C(=O)C(=O)/C(=C(\O)c2ccc(Cl)c(OCC)c2)C1c1cccc(C)c1. The fraction of sp³-hybridized carbons (Fsp3) is 0.304. The summed E-state index contributed by atoms with van der Waals surface area (Å²) in [5.41, 5.74) is 2.26. The number of aliphatic hydroxyl groups excluding tert-OH is 1. The molecule has 1 heterocycles. The Hall–Kier alpha value is -2.79. The third kappa shape index (κ3) is 4.01. The van der Waals surface area contributed by atoms with Crippen molar-refractivity contribution >= 4 is 29.1 Å². The average Bonchev–Trinajstić information content (AvgIpc) is 2.94. The number of rotatable bonds is 6. The molecule has 1 atom stereocenters. The molecule has 1 amide bonds. The zero-order valence-corrected chi connectivity index (χ0v) is 17.5. The summed E-state index contributed by atoms with van der Waals surface area (Å²) in [7, 11) is 0. The van der Waals surface area contributed by atoms with E-state index in [1.165, 1.54) is 4.90 Å². The van der Waals surface area contributed by atoms with Crippen molar-refractivity contribution in [1.82, 2.24) is 4.90 Å². The second-order valence-electron chi connectivity index (χ2n) is 6.98. The Morgan fingerprint density at radius 3 is 2.59 bits per heavy atom. The minimum Gasteiger partial charge on any atom is -0.507 e. The molecule has 0 saturated carbocycles. The Balaban J connectivity index is 2.19. The van der Waals surface area contributed by atoms with Crippen LogP contribution in [0.25, 0.3) is 5.76 Å². The average molecular weight is 414 g/mol. The van der Waals surface area contributed by atoms with Gasteiger partial charge in [-0.3, -0.25) is 9.59 Å². The van der Waals surface area contributed by atoms with E-state index >= 15 is 0 Å². The minimum atomic E-state index is -0.685. The Morgan fingerprint density at radius 2 is 1.93 bits per heavy atom. The quantitative estimate of drug-likeness (QED) is 0.416. The van der Waals surface area contributed by atoms with Crippen molar-refractivity contribution in [3.8, 4) is 5.75 Å². The summed E-state index contributed by atoms with van der Waals surface area (Å²) in [6, 6.07) is 11.8. The number of aliphatic hydroxyl groups is 1. The molecule has 5 nitrogen and oxygen atoms in total. The topological polar surface area (TPSA) is 66.8 Å². The summed E-state index contributed by atoms with van der Waals surface area (Å²) < 4.78 is 5.50. The number of hydrogen-bond donors (Lipinski definition) is 1. The monoisotopic (exact) mass is 413 g/mol. The summed E-state index contributed by atoms with van der Waals surface area (Å²) in [6.07, 6.45) is 0.699. The second kappa shape index (κ2) is 8.70. The lowest BCUT2D eigenvalue weighted by molar-refractivity contribution is -0.139. The van der Waals surface area contributed by atoms with E-state index in [2.05, 4.69) is 0 Å². The highest BCUT2D eigenvalue weighted by Gasteiger charge is 2.45. The highest BCUT2D eigenvalue weighted by molar-refractivity contribution is 6.46. The van der Waals surface area contributed by atoms with Crippen LogP contribution in [0.2, 0.25) is 5.02 Å². The first-order valence-corrected chi connectivity index (χ1v) is 10.0. The first kappa shape index (κ1) is 20.9. The Kier molecular flexibility index (Phi) is 6.28. The van der Waals surface area contributed by atoms with Crippen LogP contribution in [-0.4, -0.2) is 34.8 Å². The minimum absolute atomic E-state index is 0.0822. The van der Waals surface area contributed by atoms with Crippen LogP contribution in [0.1, 0.15) is 43.0 Å². The molecule has 0 aromatic heterocycles. The van der Waals surface area contributed by atoms with Gasteiger partial charge in [-0.1, -0.05) is 48.4 Å². The molecule has 1 fully saturated rings. The Morgan fingerprint density at radius 1 is 1.17 bits per heavy atom. The molecule has 1 unspecified atom stereocenters. The molecule has 6 heteroatoms. The van der Waals surface area contributed by atoms with Crippen LogP contribution in [0, 0.1) is 6.92 Å². The maximum atomic E-state index is 12.9. The van der Waals surface area contributed by atoms with Crippen LogP contribution < -0.4 is 4.74 Å². The molecule has 1 aliphatic rings. The van der Waals surface area contributed by atoms with E-state index < -0.39 is 17.7 Å². The Labute approximate surface area is 175 Å². The van der Waals surface area contributed by atoms with Crippen LogP contribution in [0.5, 0.6) is 5.75 Å². The number of amides is 1. The van der Waals surface area contributed by atoms with Gasteiger partial charge >= 0.3 is 0 Å². The van der Waals surface area contributed by atoms with Crippen LogP contribution in [-0.2, 0) is 9.59 Å². The number of ketones is 1. The van der Waals surface area contributed by atoms with Gasteiger partial charge in [-0.2, -0.15) is 0 Å². The number of halogens is 1. The molecule has 1 saturated heterocycles. The van der Waals surface area contributed by atoms with Gasteiger partial charge in [-0.25, -0.2) is 0 Å². The van der Waals surface area contributed by atoms with E-state index in [4.69, 9.17) is 16.3 Å². The van der Waals surface area contributed by atoms with E-state index in [1.807, 2.05) is 45.0 Å². The first-order chi connectivity index (χ1) is 13.9. The molecular formula is C23H24ClNO4. The number of carbonyl (C=O) groups excluding carboxylic acids is 2. The number of hydrogen-bond acceptors (Lipinski definition) is 4. The van der Waals surface area contributed by atoms with Crippen LogP contribution in [0.15, 0.2) is 48.0 Å². The number of aryl methyl sites for hydroxylation is 1. The predicted molar refractivity (Wildman–Crippen MR) is 113 cm³/mol. The van der Waals surface area contributed by atoms with Crippen molar-refractivity contribution in [1.29, 1.82) is 0 Å². The lowest BCUT2D eigenvalue weighted by atomic mass is 9.94. The summed E-state index contributed by atoms with van der Waals surface area (Å²) in [5.74, 6) is -1.10. The van der Waals surface area contributed by atoms with Gasteiger partial charge in [-0.05, 0) is 44.0 Å². The molecule has 29 heavy (non-hydrogen) atoms. The van der Waals surface area contributed by atoms with Crippen molar-refractivity contribution in [2.24, 2.45) is 0 Å². The smallest absolute Gasteiger partial charge is 0.295 e. The molecule has 3 rings (SSSR count). The van der Waals surface area contributed by atoms with Gasteiger partial charge < -0.3 is 14.7 Å².